The molecule has 15 heavy (non-hydrogen) atoms. The van der Waals surface area contributed by atoms with Gasteiger partial charge in [-0.05, 0) is 20.3 Å². The van der Waals surface area contributed by atoms with Gasteiger partial charge in [-0.2, -0.15) is 0 Å². The van der Waals surface area contributed by atoms with Gasteiger partial charge in [-0.1, -0.05) is 13.8 Å². The quantitative estimate of drug-likeness (QED) is 0.718. The smallest absolute Gasteiger partial charge is 0.376 e. The van der Waals surface area contributed by atoms with Crippen molar-refractivity contribution in [2.24, 2.45) is 0 Å². The maximum atomic E-state index is 11.4. The number of rotatable bonds is 4. The Kier molecular flexibility index (Phi) is 3.88. The molecule has 0 saturated heterocycles. The first-order valence-corrected chi connectivity index (χ1v) is 5.24. The normalized spacial score (nSPS) is 12.5. The van der Waals surface area contributed by atoms with Crippen molar-refractivity contribution in [2.75, 3.05) is 6.61 Å². The molecule has 1 heterocycles. The zero-order chi connectivity index (χ0) is 11.4. The molecule has 0 radical (unpaired) electrons. The summed E-state index contributed by atoms with van der Waals surface area (Å²) < 4.78 is 10.3. The van der Waals surface area contributed by atoms with Gasteiger partial charge in [0.15, 0.2) is 5.89 Å². The monoisotopic (exact) mass is 211 g/mol. The summed E-state index contributed by atoms with van der Waals surface area (Å²) in [6, 6.07) is 0. The van der Waals surface area contributed by atoms with Crippen LogP contribution in [-0.2, 0) is 4.74 Å². The van der Waals surface area contributed by atoms with Gasteiger partial charge in [0.05, 0.1) is 12.3 Å². The van der Waals surface area contributed by atoms with E-state index in [1.807, 2.05) is 13.8 Å². The number of hydrogen-bond acceptors (Lipinski definition) is 4. The van der Waals surface area contributed by atoms with Gasteiger partial charge in [0.25, 0.3) is 0 Å². The topological polar surface area (TPSA) is 52.3 Å². The van der Waals surface area contributed by atoms with E-state index in [1.165, 1.54) is 0 Å². The summed E-state index contributed by atoms with van der Waals surface area (Å²) in [6.07, 6.45) is 0.933. The van der Waals surface area contributed by atoms with Gasteiger partial charge in [0, 0.05) is 5.92 Å². The second-order valence-electron chi connectivity index (χ2n) is 3.50. The summed E-state index contributed by atoms with van der Waals surface area (Å²) in [6.45, 7) is 7.92. The van der Waals surface area contributed by atoms with Crippen molar-refractivity contribution in [1.82, 2.24) is 4.98 Å². The maximum absolute atomic E-state index is 11.4. The second kappa shape index (κ2) is 4.96. The molecule has 0 spiro atoms. The lowest BCUT2D eigenvalue weighted by Gasteiger charge is -2.01. The van der Waals surface area contributed by atoms with Crippen molar-refractivity contribution >= 4 is 5.97 Å². The van der Waals surface area contributed by atoms with E-state index < -0.39 is 5.97 Å². The minimum absolute atomic E-state index is 0.229. The highest BCUT2D eigenvalue weighted by Crippen LogP contribution is 2.21. The lowest BCUT2D eigenvalue weighted by Crippen LogP contribution is -2.04. The SMILES string of the molecule is CCOC(=O)c1oc(C(C)CC)nc1C. The Hall–Kier alpha value is -1.32. The third-order valence-corrected chi connectivity index (χ3v) is 2.31. The van der Waals surface area contributed by atoms with Gasteiger partial charge in [-0.15, -0.1) is 0 Å². The first-order valence-electron chi connectivity index (χ1n) is 5.24. The van der Waals surface area contributed by atoms with Crippen LogP contribution in [0.15, 0.2) is 4.42 Å². The van der Waals surface area contributed by atoms with Crippen LogP contribution in [0.1, 0.15) is 55.2 Å². The highest BCUT2D eigenvalue weighted by atomic mass is 16.5. The Morgan fingerprint density at radius 3 is 2.73 bits per heavy atom. The first-order chi connectivity index (χ1) is 7.10. The number of aryl methyl sites for hydroxylation is 1. The van der Waals surface area contributed by atoms with Crippen molar-refractivity contribution in [1.29, 1.82) is 0 Å². The van der Waals surface area contributed by atoms with Gasteiger partial charge in [0.2, 0.25) is 5.76 Å². The number of oxazole rings is 1. The number of nitrogens with zero attached hydrogens (tertiary/aromatic N) is 1. The highest BCUT2D eigenvalue weighted by molar-refractivity contribution is 5.87. The average molecular weight is 211 g/mol. The van der Waals surface area contributed by atoms with Crippen LogP contribution in [0.5, 0.6) is 0 Å². The van der Waals surface area contributed by atoms with Crippen LogP contribution in [0.3, 0.4) is 0 Å². The molecule has 1 atom stereocenters. The number of hydrogen-bond donors (Lipinski definition) is 0. The zero-order valence-electron chi connectivity index (χ0n) is 9.66. The molecular formula is C11H17NO3. The Labute approximate surface area is 89.6 Å². The van der Waals surface area contributed by atoms with Gasteiger partial charge < -0.3 is 9.15 Å². The van der Waals surface area contributed by atoms with Crippen LogP contribution < -0.4 is 0 Å². The number of carbonyl (C=O) groups excluding carboxylic acids is 1. The summed E-state index contributed by atoms with van der Waals surface area (Å²) >= 11 is 0. The molecule has 0 aliphatic rings. The van der Waals surface area contributed by atoms with Crippen LogP contribution in [-0.4, -0.2) is 17.6 Å². The van der Waals surface area contributed by atoms with E-state index in [0.29, 0.717) is 18.2 Å². The predicted octanol–water partition coefficient (Wildman–Crippen LogP) is 2.67. The zero-order valence-corrected chi connectivity index (χ0v) is 9.66. The van der Waals surface area contributed by atoms with Crippen LogP contribution in [0.4, 0.5) is 0 Å². The van der Waals surface area contributed by atoms with Crippen molar-refractivity contribution in [3.8, 4) is 0 Å². The van der Waals surface area contributed by atoms with Crippen LogP contribution in [0.2, 0.25) is 0 Å². The Bertz CT molecular complexity index is 344. The molecule has 4 nitrogen and oxygen atoms in total. The molecule has 84 valence electrons. The minimum Gasteiger partial charge on any atom is -0.460 e. The van der Waals surface area contributed by atoms with Crippen molar-refractivity contribution in [3.05, 3.63) is 17.3 Å². The lowest BCUT2D eigenvalue weighted by atomic mass is 10.1. The second-order valence-corrected chi connectivity index (χ2v) is 3.50. The van der Waals surface area contributed by atoms with E-state index in [-0.39, 0.29) is 11.7 Å². The van der Waals surface area contributed by atoms with Crippen molar-refractivity contribution < 1.29 is 13.9 Å². The molecule has 0 aliphatic carbocycles. The van der Waals surface area contributed by atoms with E-state index in [9.17, 15) is 4.79 Å². The highest BCUT2D eigenvalue weighted by Gasteiger charge is 2.20. The minimum atomic E-state index is -0.433. The largest absolute Gasteiger partial charge is 0.460 e. The molecule has 1 aromatic rings. The number of carbonyl (C=O) groups is 1. The fourth-order valence-corrected chi connectivity index (χ4v) is 1.19. The molecule has 1 aromatic heterocycles. The van der Waals surface area contributed by atoms with Crippen molar-refractivity contribution in [3.63, 3.8) is 0 Å². The molecule has 0 aromatic carbocycles. The molecule has 0 amide bonds. The summed E-state index contributed by atoms with van der Waals surface area (Å²) in [5, 5.41) is 0. The van der Waals surface area contributed by atoms with E-state index in [1.54, 1.807) is 13.8 Å². The molecule has 0 N–H and O–H groups in total. The number of esters is 1. The number of ether oxygens (including phenoxy) is 1. The summed E-state index contributed by atoms with van der Waals surface area (Å²) in [5.74, 6) is 0.633. The summed E-state index contributed by atoms with van der Waals surface area (Å²) in [4.78, 5) is 15.7. The van der Waals surface area contributed by atoms with Gasteiger partial charge >= 0.3 is 5.97 Å². The van der Waals surface area contributed by atoms with Crippen LogP contribution in [0, 0.1) is 6.92 Å². The fourth-order valence-electron chi connectivity index (χ4n) is 1.19. The van der Waals surface area contributed by atoms with E-state index in [0.717, 1.165) is 6.42 Å². The maximum Gasteiger partial charge on any atom is 0.376 e. The van der Waals surface area contributed by atoms with E-state index in [2.05, 4.69) is 4.98 Å². The van der Waals surface area contributed by atoms with Gasteiger partial charge in [-0.25, -0.2) is 9.78 Å². The third-order valence-electron chi connectivity index (χ3n) is 2.31. The average Bonchev–Trinajstić information content (AvgIpc) is 2.59. The molecular weight excluding hydrogens is 194 g/mol. The fraction of sp³-hybridized carbons (Fsp3) is 0.636. The molecule has 4 heteroatoms. The molecule has 1 rings (SSSR count). The Morgan fingerprint density at radius 1 is 1.53 bits per heavy atom. The summed E-state index contributed by atoms with van der Waals surface area (Å²) in [5.41, 5.74) is 0.601. The number of aromatic nitrogens is 1. The van der Waals surface area contributed by atoms with Crippen molar-refractivity contribution in [2.45, 2.75) is 40.0 Å². The van der Waals surface area contributed by atoms with E-state index in [4.69, 9.17) is 9.15 Å². The molecule has 0 fully saturated rings. The van der Waals surface area contributed by atoms with E-state index >= 15 is 0 Å². The molecule has 0 bridgehead atoms. The first kappa shape index (κ1) is 11.8. The lowest BCUT2D eigenvalue weighted by molar-refractivity contribution is 0.0486. The summed E-state index contributed by atoms with van der Waals surface area (Å²) in [7, 11) is 0. The Morgan fingerprint density at radius 2 is 2.20 bits per heavy atom. The predicted molar refractivity (Wildman–Crippen MR) is 55.9 cm³/mol. The van der Waals surface area contributed by atoms with Gasteiger partial charge in [-0.3, -0.25) is 0 Å². The Balaban J connectivity index is 2.90. The van der Waals surface area contributed by atoms with Gasteiger partial charge in [0.1, 0.15) is 0 Å². The molecule has 0 aliphatic heterocycles. The molecule has 0 saturated carbocycles. The van der Waals surface area contributed by atoms with Crippen LogP contribution in [0.25, 0.3) is 0 Å². The van der Waals surface area contributed by atoms with Crippen LogP contribution >= 0.6 is 0 Å². The standard InChI is InChI=1S/C11H17NO3/c1-5-7(3)10-12-8(4)9(15-10)11(13)14-6-2/h7H,5-6H2,1-4H3. The third kappa shape index (κ3) is 2.58. The molecule has 1 unspecified atom stereocenters.